The van der Waals surface area contributed by atoms with Crippen LogP contribution in [0.2, 0.25) is 4.34 Å². The maximum absolute atomic E-state index is 12.8. The van der Waals surface area contributed by atoms with Gasteiger partial charge in [0.1, 0.15) is 0 Å². The Kier molecular flexibility index (Phi) is 8.15. The first-order chi connectivity index (χ1) is 14.9. The molecule has 7 nitrogen and oxygen atoms in total. The second-order valence-corrected chi connectivity index (χ2v) is 9.58. The highest BCUT2D eigenvalue weighted by molar-refractivity contribution is 7.18. The molecule has 168 valence electrons. The third-order valence-corrected chi connectivity index (χ3v) is 6.48. The van der Waals surface area contributed by atoms with Gasteiger partial charge in [-0.1, -0.05) is 17.7 Å². The minimum absolute atomic E-state index is 0.127. The predicted octanol–water partition coefficient (Wildman–Crippen LogP) is 4.92. The van der Waals surface area contributed by atoms with Crippen molar-refractivity contribution in [3.05, 3.63) is 45.2 Å². The molecule has 0 aromatic carbocycles. The highest BCUT2D eigenvalue weighted by Gasteiger charge is 2.28. The lowest BCUT2D eigenvalue weighted by Crippen LogP contribution is -2.40. The molecule has 2 aromatic rings. The molecule has 1 saturated heterocycles. The van der Waals surface area contributed by atoms with Crippen LogP contribution in [0.15, 0.2) is 30.5 Å². The van der Waals surface area contributed by atoms with Crippen molar-refractivity contribution in [1.29, 1.82) is 0 Å². The molecule has 0 aliphatic carbocycles. The fourth-order valence-corrected chi connectivity index (χ4v) is 4.57. The van der Waals surface area contributed by atoms with Gasteiger partial charge in [0.05, 0.1) is 28.5 Å². The van der Waals surface area contributed by atoms with Crippen molar-refractivity contribution in [2.75, 3.05) is 20.2 Å². The molecule has 1 unspecified atom stereocenters. The molecule has 1 fully saturated rings. The fraction of sp³-hybridized carbons (Fsp3) is 0.500. The molecule has 0 saturated carbocycles. The number of carbonyl (C=O) groups excluding carboxylic acids is 2. The number of piperidine rings is 1. The number of aromatic nitrogens is 1. The number of carbonyl (C=O) groups is 2. The molecule has 2 aromatic heterocycles. The van der Waals surface area contributed by atoms with Gasteiger partial charge < -0.3 is 19.7 Å². The van der Waals surface area contributed by atoms with Gasteiger partial charge in [-0.2, -0.15) is 0 Å². The van der Waals surface area contributed by atoms with Gasteiger partial charge in [-0.15, -0.1) is 11.3 Å². The monoisotopic (exact) mass is 465 g/mol. The minimum Gasteiger partial charge on any atom is -0.481 e. The van der Waals surface area contributed by atoms with Crippen LogP contribution in [0.5, 0.6) is 5.88 Å². The molecule has 1 aliphatic rings. The van der Waals surface area contributed by atoms with E-state index < -0.39 is 0 Å². The summed E-state index contributed by atoms with van der Waals surface area (Å²) in [5, 5.41) is 3.13. The van der Waals surface area contributed by atoms with Crippen molar-refractivity contribution < 1.29 is 19.1 Å². The molecule has 3 heterocycles. The molecular weight excluding hydrogens is 438 g/mol. The van der Waals surface area contributed by atoms with E-state index in [0.29, 0.717) is 34.1 Å². The molecule has 0 spiro atoms. The Morgan fingerprint density at radius 3 is 2.55 bits per heavy atom. The highest BCUT2D eigenvalue weighted by atomic mass is 35.5. The maximum Gasteiger partial charge on any atom is 0.410 e. The van der Waals surface area contributed by atoms with Crippen LogP contribution >= 0.6 is 22.9 Å². The van der Waals surface area contributed by atoms with Crippen LogP contribution in [0, 0.1) is 5.92 Å². The van der Waals surface area contributed by atoms with Crippen LogP contribution in [0.4, 0.5) is 4.79 Å². The van der Waals surface area contributed by atoms with Crippen molar-refractivity contribution in [1.82, 2.24) is 15.2 Å². The lowest BCUT2D eigenvalue weighted by Gasteiger charge is -2.33. The third kappa shape index (κ3) is 6.58. The summed E-state index contributed by atoms with van der Waals surface area (Å²) in [6.45, 7) is 5.00. The Morgan fingerprint density at radius 2 is 2.00 bits per heavy atom. The fourth-order valence-electron chi connectivity index (χ4n) is 3.62. The van der Waals surface area contributed by atoms with E-state index in [2.05, 4.69) is 10.3 Å². The van der Waals surface area contributed by atoms with Gasteiger partial charge in [-0.3, -0.25) is 4.79 Å². The zero-order valence-electron chi connectivity index (χ0n) is 18.0. The van der Waals surface area contributed by atoms with Gasteiger partial charge in [0.2, 0.25) is 5.88 Å². The highest BCUT2D eigenvalue weighted by Crippen LogP contribution is 2.30. The van der Waals surface area contributed by atoms with Crippen LogP contribution in [0.1, 0.15) is 54.4 Å². The molecule has 2 amide bonds. The molecular formula is C22H28ClN3O4S. The molecule has 0 bridgehead atoms. The molecule has 31 heavy (non-hydrogen) atoms. The lowest BCUT2D eigenvalue weighted by atomic mass is 9.88. The Labute approximate surface area is 191 Å². The number of nitrogens with one attached hydrogen (secondary N) is 1. The zero-order chi connectivity index (χ0) is 22.4. The van der Waals surface area contributed by atoms with Crippen molar-refractivity contribution in [2.24, 2.45) is 5.92 Å². The number of halogens is 1. The molecule has 0 radical (unpaired) electrons. The normalized spacial score (nSPS) is 15.6. The zero-order valence-corrected chi connectivity index (χ0v) is 19.5. The first-order valence-electron chi connectivity index (χ1n) is 10.4. The van der Waals surface area contributed by atoms with Gasteiger partial charge in [0.15, 0.2) is 0 Å². The predicted molar refractivity (Wildman–Crippen MR) is 121 cm³/mol. The molecule has 3 rings (SSSR count). The van der Waals surface area contributed by atoms with Gasteiger partial charge >= 0.3 is 6.09 Å². The summed E-state index contributed by atoms with van der Waals surface area (Å²) < 4.78 is 11.0. The molecule has 1 N–H and O–H groups in total. The van der Waals surface area contributed by atoms with Crippen molar-refractivity contribution >= 4 is 34.9 Å². The summed E-state index contributed by atoms with van der Waals surface area (Å²) in [6.07, 6.45) is 3.82. The van der Waals surface area contributed by atoms with E-state index >= 15 is 0 Å². The topological polar surface area (TPSA) is 80.8 Å². The molecule has 1 aliphatic heterocycles. The summed E-state index contributed by atoms with van der Waals surface area (Å²) in [6, 6.07) is 6.96. The van der Waals surface area contributed by atoms with E-state index in [0.717, 1.165) is 24.8 Å². The number of thiophene rings is 1. The second-order valence-electron chi connectivity index (χ2n) is 7.86. The summed E-state index contributed by atoms with van der Waals surface area (Å²) >= 11 is 7.24. The third-order valence-electron chi connectivity index (χ3n) is 5.25. The van der Waals surface area contributed by atoms with Crippen molar-refractivity contribution in [3.63, 3.8) is 0 Å². The number of hydrogen-bond donors (Lipinski definition) is 1. The number of amides is 2. The van der Waals surface area contributed by atoms with E-state index in [1.165, 1.54) is 11.3 Å². The Balaban J connectivity index is 1.66. The van der Waals surface area contributed by atoms with Gasteiger partial charge in [-0.25, -0.2) is 9.78 Å². The maximum atomic E-state index is 12.8. The van der Waals surface area contributed by atoms with E-state index in [1.54, 1.807) is 36.4 Å². The Hall–Kier alpha value is -2.32. The quantitative estimate of drug-likeness (QED) is 0.627. The number of ether oxygens (including phenoxy) is 2. The number of likely N-dealkylation sites (tertiary alicyclic amines) is 1. The number of methoxy groups -OCH3 is 1. The van der Waals surface area contributed by atoms with Gasteiger partial charge in [0.25, 0.3) is 5.91 Å². The minimum atomic E-state index is -0.257. The molecule has 1 atom stereocenters. The van der Waals surface area contributed by atoms with Crippen molar-refractivity contribution in [3.8, 4) is 5.88 Å². The average Bonchev–Trinajstić information content (AvgIpc) is 3.20. The van der Waals surface area contributed by atoms with E-state index in [-0.39, 0.29) is 24.1 Å². The summed E-state index contributed by atoms with van der Waals surface area (Å²) in [7, 11) is 1.57. The first-order valence-corrected chi connectivity index (χ1v) is 11.6. The van der Waals surface area contributed by atoms with Crippen LogP contribution in [0.3, 0.4) is 0 Å². The van der Waals surface area contributed by atoms with Gasteiger partial charge in [-0.05, 0) is 56.7 Å². The Morgan fingerprint density at radius 1 is 1.26 bits per heavy atom. The number of hydrogen-bond acceptors (Lipinski definition) is 6. The SMILES string of the molecule is COc1ccc(C(CC2CCN(C(=O)OC(C)C)CC2)NC(=O)c2ccc(Cl)s2)cn1. The first kappa shape index (κ1) is 23.3. The standard InChI is InChI=1S/C22H28ClN3O4S/c1-14(2)30-22(28)26-10-8-15(9-11-26)12-17(16-4-7-20(29-3)24-13-16)25-21(27)18-5-6-19(23)31-18/h4-7,13-15,17H,8-12H2,1-3H3,(H,25,27). The van der Waals surface area contributed by atoms with Crippen molar-refractivity contribution in [2.45, 2.75) is 45.3 Å². The van der Waals surface area contributed by atoms with Crippen LogP contribution in [-0.2, 0) is 4.74 Å². The smallest absolute Gasteiger partial charge is 0.410 e. The van der Waals surface area contributed by atoms with E-state index in [9.17, 15) is 9.59 Å². The van der Waals surface area contributed by atoms with Crippen LogP contribution in [0.25, 0.3) is 0 Å². The molecule has 9 heteroatoms. The number of nitrogens with zero attached hydrogens (tertiary/aromatic N) is 2. The average molecular weight is 466 g/mol. The second kappa shape index (κ2) is 10.8. The number of rotatable bonds is 7. The lowest BCUT2D eigenvalue weighted by molar-refractivity contribution is 0.0639. The summed E-state index contributed by atoms with van der Waals surface area (Å²) in [5.41, 5.74) is 0.915. The van der Waals surface area contributed by atoms with E-state index in [1.807, 2.05) is 19.9 Å². The number of pyridine rings is 1. The van der Waals surface area contributed by atoms with Crippen LogP contribution < -0.4 is 10.1 Å². The van der Waals surface area contributed by atoms with Gasteiger partial charge in [0, 0.05) is 25.4 Å². The summed E-state index contributed by atoms with van der Waals surface area (Å²) in [5.74, 6) is 0.730. The van der Waals surface area contributed by atoms with E-state index in [4.69, 9.17) is 21.1 Å². The largest absolute Gasteiger partial charge is 0.481 e. The Bertz CT molecular complexity index is 879. The summed E-state index contributed by atoms with van der Waals surface area (Å²) in [4.78, 5) is 31.5. The van der Waals surface area contributed by atoms with Crippen LogP contribution in [-0.4, -0.2) is 48.2 Å².